The van der Waals surface area contributed by atoms with E-state index < -0.39 is 16.8 Å². The van der Waals surface area contributed by atoms with Gasteiger partial charge in [0.25, 0.3) is 0 Å². The Labute approximate surface area is 113 Å². The second-order valence-electron chi connectivity index (χ2n) is 5.93. The molecule has 0 amide bonds. The minimum atomic E-state index is -1.45. The summed E-state index contributed by atoms with van der Waals surface area (Å²) in [4.78, 5) is 0. The van der Waals surface area contributed by atoms with Gasteiger partial charge in [-0.3, -0.25) is 0 Å². The maximum atomic E-state index is 14.0. The number of hydrogen-bond donors (Lipinski definition) is 1. The van der Waals surface area contributed by atoms with E-state index >= 15 is 0 Å². The third kappa shape index (κ3) is 2.26. The molecule has 3 heteroatoms. The number of nitrogens with zero attached hydrogens (tertiary/aromatic N) is 1. The lowest BCUT2D eigenvalue weighted by Gasteiger charge is -2.44. The molecule has 0 radical (unpaired) electrons. The van der Waals surface area contributed by atoms with Crippen LogP contribution in [-0.2, 0) is 5.60 Å². The zero-order valence-corrected chi connectivity index (χ0v) is 11.5. The van der Waals surface area contributed by atoms with Crippen LogP contribution in [0.25, 0.3) is 0 Å². The Kier molecular flexibility index (Phi) is 3.64. The molecule has 0 saturated heterocycles. The van der Waals surface area contributed by atoms with Gasteiger partial charge in [0.15, 0.2) is 0 Å². The second kappa shape index (κ2) is 4.94. The van der Waals surface area contributed by atoms with E-state index in [9.17, 15) is 14.8 Å². The highest BCUT2D eigenvalue weighted by Gasteiger charge is 2.51. The van der Waals surface area contributed by atoms with Gasteiger partial charge in [0.1, 0.15) is 11.4 Å². The summed E-state index contributed by atoms with van der Waals surface area (Å²) < 4.78 is 14.0. The first-order valence-electron chi connectivity index (χ1n) is 6.81. The summed E-state index contributed by atoms with van der Waals surface area (Å²) in [5, 5.41) is 20.4. The van der Waals surface area contributed by atoms with Gasteiger partial charge in [0, 0.05) is 5.56 Å². The quantitative estimate of drug-likeness (QED) is 0.881. The fraction of sp³-hybridized carbons (Fsp3) is 0.562. The number of rotatable bonds is 2. The maximum Gasteiger partial charge on any atom is 0.129 e. The first kappa shape index (κ1) is 14.0. The largest absolute Gasteiger partial charge is 0.384 e. The summed E-state index contributed by atoms with van der Waals surface area (Å²) in [5.74, 6) is 0.124. The van der Waals surface area contributed by atoms with Crippen LogP contribution in [0.15, 0.2) is 24.3 Å². The molecule has 1 aromatic rings. The van der Waals surface area contributed by atoms with Crippen LogP contribution in [0.4, 0.5) is 4.39 Å². The molecular weight excluding hydrogens is 241 g/mol. The van der Waals surface area contributed by atoms with Crippen molar-refractivity contribution in [1.82, 2.24) is 0 Å². The van der Waals surface area contributed by atoms with Crippen LogP contribution in [0.1, 0.15) is 45.1 Å². The van der Waals surface area contributed by atoms with E-state index in [1.165, 1.54) is 6.07 Å². The SMILES string of the molecule is CC1CCC(C#N)(C(C)(O)c2ccccc2F)CC1. The van der Waals surface area contributed by atoms with Crippen LogP contribution in [0, 0.1) is 28.5 Å². The fourth-order valence-electron chi connectivity index (χ4n) is 3.08. The standard InChI is InChI=1S/C16H20FNO/c1-12-7-9-16(11-18,10-8-12)15(2,19)13-5-3-4-6-14(13)17/h3-6,12,19H,7-10H2,1-2H3. The predicted octanol–water partition coefficient (Wildman–Crippen LogP) is 3.75. The lowest BCUT2D eigenvalue weighted by Crippen LogP contribution is -2.45. The number of aliphatic hydroxyl groups is 1. The van der Waals surface area contributed by atoms with Crippen molar-refractivity contribution in [1.29, 1.82) is 5.26 Å². The van der Waals surface area contributed by atoms with Crippen molar-refractivity contribution in [2.45, 2.75) is 45.1 Å². The van der Waals surface area contributed by atoms with Crippen molar-refractivity contribution in [2.24, 2.45) is 11.3 Å². The molecule has 0 aromatic heterocycles. The van der Waals surface area contributed by atoms with Gasteiger partial charge in [-0.05, 0) is 44.6 Å². The molecule has 1 unspecified atom stereocenters. The highest BCUT2D eigenvalue weighted by molar-refractivity contribution is 5.30. The summed E-state index contributed by atoms with van der Waals surface area (Å²) in [6.07, 6.45) is 3.04. The van der Waals surface area contributed by atoms with Crippen molar-refractivity contribution in [3.8, 4) is 6.07 Å². The Balaban J connectivity index is 2.43. The lowest BCUT2D eigenvalue weighted by atomic mass is 9.61. The van der Waals surface area contributed by atoms with Crippen LogP contribution in [0.5, 0.6) is 0 Å². The van der Waals surface area contributed by atoms with Gasteiger partial charge in [-0.15, -0.1) is 0 Å². The van der Waals surface area contributed by atoms with Crippen LogP contribution in [0.2, 0.25) is 0 Å². The number of hydrogen-bond acceptors (Lipinski definition) is 2. The average Bonchev–Trinajstić information content (AvgIpc) is 2.40. The Bertz CT molecular complexity index is 496. The van der Waals surface area contributed by atoms with Crippen molar-refractivity contribution in [2.75, 3.05) is 0 Å². The summed E-state index contributed by atoms with van der Waals surface area (Å²) >= 11 is 0. The first-order valence-corrected chi connectivity index (χ1v) is 6.81. The molecule has 1 fully saturated rings. The number of nitriles is 1. The van der Waals surface area contributed by atoms with E-state index in [0.29, 0.717) is 18.8 Å². The topological polar surface area (TPSA) is 44.0 Å². The molecule has 1 atom stereocenters. The molecule has 1 saturated carbocycles. The molecule has 1 aromatic carbocycles. The average molecular weight is 261 g/mol. The van der Waals surface area contributed by atoms with Gasteiger partial charge < -0.3 is 5.11 Å². The summed E-state index contributed by atoms with van der Waals surface area (Å²) in [5.41, 5.74) is -2.11. The smallest absolute Gasteiger partial charge is 0.129 e. The highest BCUT2D eigenvalue weighted by Crippen LogP contribution is 2.50. The van der Waals surface area contributed by atoms with Crippen LogP contribution >= 0.6 is 0 Å². The minimum Gasteiger partial charge on any atom is -0.384 e. The zero-order valence-electron chi connectivity index (χ0n) is 11.5. The van der Waals surface area contributed by atoms with Crippen molar-refractivity contribution < 1.29 is 9.50 Å². The first-order chi connectivity index (χ1) is 8.93. The van der Waals surface area contributed by atoms with Crippen LogP contribution in [-0.4, -0.2) is 5.11 Å². The normalized spacial score (nSPS) is 30.4. The van der Waals surface area contributed by atoms with Gasteiger partial charge in [-0.2, -0.15) is 5.26 Å². The number of halogens is 1. The minimum absolute atomic E-state index is 0.228. The summed E-state index contributed by atoms with van der Waals surface area (Å²) in [7, 11) is 0. The highest BCUT2D eigenvalue weighted by atomic mass is 19.1. The Morgan fingerprint density at radius 3 is 2.47 bits per heavy atom. The van der Waals surface area contributed by atoms with E-state index in [1.54, 1.807) is 25.1 Å². The third-order valence-corrected chi connectivity index (χ3v) is 4.67. The molecule has 0 heterocycles. The monoisotopic (exact) mass is 261 g/mol. The van der Waals surface area contributed by atoms with E-state index in [4.69, 9.17) is 0 Å². The Morgan fingerprint density at radius 1 is 1.37 bits per heavy atom. The molecule has 0 aliphatic heterocycles. The molecule has 19 heavy (non-hydrogen) atoms. The van der Waals surface area contributed by atoms with Gasteiger partial charge in [-0.25, -0.2) is 4.39 Å². The van der Waals surface area contributed by atoms with Crippen molar-refractivity contribution >= 4 is 0 Å². The molecule has 2 nitrogen and oxygen atoms in total. The fourth-order valence-corrected chi connectivity index (χ4v) is 3.08. The molecule has 2 rings (SSSR count). The molecule has 0 bridgehead atoms. The van der Waals surface area contributed by atoms with E-state index in [-0.39, 0.29) is 5.56 Å². The molecule has 0 spiro atoms. The van der Waals surface area contributed by atoms with Crippen LogP contribution in [0.3, 0.4) is 0 Å². The van der Waals surface area contributed by atoms with E-state index in [0.717, 1.165) is 12.8 Å². The molecule has 102 valence electrons. The van der Waals surface area contributed by atoms with Gasteiger partial charge in [0.2, 0.25) is 0 Å². The van der Waals surface area contributed by atoms with Crippen LogP contribution < -0.4 is 0 Å². The zero-order chi connectivity index (χ0) is 14.1. The van der Waals surface area contributed by atoms with E-state index in [2.05, 4.69) is 13.0 Å². The van der Waals surface area contributed by atoms with Gasteiger partial charge >= 0.3 is 0 Å². The van der Waals surface area contributed by atoms with Crippen molar-refractivity contribution in [3.63, 3.8) is 0 Å². The van der Waals surface area contributed by atoms with Crippen molar-refractivity contribution in [3.05, 3.63) is 35.6 Å². The Morgan fingerprint density at radius 2 is 1.95 bits per heavy atom. The predicted molar refractivity (Wildman–Crippen MR) is 71.6 cm³/mol. The van der Waals surface area contributed by atoms with E-state index in [1.807, 2.05) is 0 Å². The maximum absolute atomic E-state index is 14.0. The molecular formula is C16H20FNO. The summed E-state index contributed by atoms with van der Waals surface area (Å²) in [6.45, 7) is 3.73. The second-order valence-corrected chi connectivity index (χ2v) is 5.93. The number of benzene rings is 1. The Hall–Kier alpha value is -1.40. The lowest BCUT2D eigenvalue weighted by molar-refractivity contribution is -0.0709. The molecule has 1 aliphatic rings. The molecule has 1 aliphatic carbocycles. The summed E-state index contributed by atoms with van der Waals surface area (Å²) in [6, 6.07) is 8.49. The van der Waals surface area contributed by atoms with Gasteiger partial charge in [0.05, 0.1) is 11.5 Å². The molecule has 1 N–H and O–H groups in total. The van der Waals surface area contributed by atoms with Gasteiger partial charge in [-0.1, -0.05) is 25.1 Å². The third-order valence-electron chi connectivity index (χ3n) is 4.67.